The number of aryl methyl sites for hydroxylation is 1. The molecule has 2 aromatic rings. The fraction of sp³-hybridized carbons (Fsp3) is 0.471. The lowest BCUT2D eigenvalue weighted by Crippen LogP contribution is -2.33. The third kappa shape index (κ3) is 2.72. The Morgan fingerprint density at radius 3 is 2.75 bits per heavy atom. The molecule has 3 rings (SSSR count). The largest absolute Gasteiger partial charge is 0.380 e. The molecule has 1 aromatic heterocycles. The van der Waals surface area contributed by atoms with Crippen molar-refractivity contribution in [1.82, 2.24) is 9.78 Å². The van der Waals surface area contributed by atoms with Crippen LogP contribution in [0, 0.1) is 6.92 Å². The summed E-state index contributed by atoms with van der Waals surface area (Å²) in [6, 6.07) is 9.91. The van der Waals surface area contributed by atoms with Crippen LogP contribution in [-0.4, -0.2) is 15.8 Å². The zero-order valence-corrected chi connectivity index (χ0v) is 12.5. The van der Waals surface area contributed by atoms with Gasteiger partial charge in [-0.05, 0) is 45.1 Å². The summed E-state index contributed by atoms with van der Waals surface area (Å²) in [6.45, 7) is 6.46. The summed E-state index contributed by atoms with van der Waals surface area (Å²) < 4.78 is 2.00. The van der Waals surface area contributed by atoms with Crippen molar-refractivity contribution >= 4 is 5.69 Å². The molecular formula is C17H23N3. The maximum atomic E-state index is 4.37. The van der Waals surface area contributed by atoms with Crippen molar-refractivity contribution in [2.45, 2.75) is 51.6 Å². The predicted molar refractivity (Wildman–Crippen MR) is 83.2 cm³/mol. The van der Waals surface area contributed by atoms with Gasteiger partial charge in [-0.2, -0.15) is 5.10 Å². The minimum atomic E-state index is 0.423. The van der Waals surface area contributed by atoms with Crippen molar-refractivity contribution in [2.24, 2.45) is 0 Å². The molecule has 20 heavy (non-hydrogen) atoms. The first-order valence-electron chi connectivity index (χ1n) is 7.49. The van der Waals surface area contributed by atoms with Gasteiger partial charge in [-0.1, -0.05) is 29.8 Å². The standard InChI is InChI=1S/C17H23N3/c1-12(2)20-11-17(10-18-20)19-16-8-15(9-16)14-6-4-5-13(3)7-14/h4-7,10-12,15-16,19H,8-9H2,1-3H3. The lowest BCUT2D eigenvalue weighted by molar-refractivity contribution is 0.374. The van der Waals surface area contributed by atoms with Gasteiger partial charge in [-0.3, -0.25) is 4.68 Å². The average Bonchev–Trinajstić information content (AvgIpc) is 2.82. The van der Waals surface area contributed by atoms with Crippen molar-refractivity contribution in [1.29, 1.82) is 0 Å². The third-order valence-corrected chi connectivity index (χ3v) is 4.15. The minimum absolute atomic E-state index is 0.423. The molecule has 0 spiro atoms. The number of nitrogens with zero attached hydrogens (tertiary/aromatic N) is 2. The van der Waals surface area contributed by atoms with Crippen LogP contribution < -0.4 is 5.32 Å². The van der Waals surface area contributed by atoms with Crippen LogP contribution in [0.4, 0.5) is 5.69 Å². The highest BCUT2D eigenvalue weighted by Gasteiger charge is 2.30. The molecule has 0 aliphatic heterocycles. The molecule has 1 fully saturated rings. The second kappa shape index (κ2) is 5.31. The predicted octanol–water partition coefficient (Wildman–Crippen LogP) is 4.13. The summed E-state index contributed by atoms with van der Waals surface area (Å²) in [5.41, 5.74) is 3.99. The highest BCUT2D eigenvalue weighted by Crippen LogP contribution is 2.38. The van der Waals surface area contributed by atoms with Crippen LogP contribution in [0.25, 0.3) is 0 Å². The zero-order chi connectivity index (χ0) is 14.1. The highest BCUT2D eigenvalue weighted by molar-refractivity contribution is 5.41. The Hall–Kier alpha value is -1.77. The molecule has 0 saturated heterocycles. The SMILES string of the molecule is Cc1cccc(C2CC(Nc3cnn(C(C)C)c3)C2)c1. The summed E-state index contributed by atoms with van der Waals surface area (Å²) in [5.74, 6) is 0.715. The van der Waals surface area contributed by atoms with E-state index in [1.165, 1.54) is 24.0 Å². The van der Waals surface area contributed by atoms with Crippen molar-refractivity contribution in [3.8, 4) is 0 Å². The number of aromatic nitrogens is 2. The van der Waals surface area contributed by atoms with Crippen molar-refractivity contribution in [3.05, 3.63) is 47.8 Å². The van der Waals surface area contributed by atoms with Gasteiger partial charge in [-0.25, -0.2) is 0 Å². The molecule has 0 radical (unpaired) electrons. The van der Waals surface area contributed by atoms with Crippen LogP contribution in [0.2, 0.25) is 0 Å². The van der Waals surface area contributed by atoms with E-state index in [1.807, 2.05) is 10.9 Å². The number of hydrogen-bond donors (Lipinski definition) is 1. The number of nitrogens with one attached hydrogen (secondary N) is 1. The van der Waals surface area contributed by atoms with Crippen LogP contribution in [0.5, 0.6) is 0 Å². The van der Waals surface area contributed by atoms with Gasteiger partial charge in [0, 0.05) is 18.3 Å². The Morgan fingerprint density at radius 2 is 2.10 bits per heavy atom. The van der Waals surface area contributed by atoms with E-state index in [4.69, 9.17) is 0 Å². The maximum absolute atomic E-state index is 4.37. The summed E-state index contributed by atoms with van der Waals surface area (Å²) >= 11 is 0. The Balaban J connectivity index is 1.55. The van der Waals surface area contributed by atoms with E-state index in [0.29, 0.717) is 18.0 Å². The first kappa shape index (κ1) is 13.2. The van der Waals surface area contributed by atoms with Gasteiger partial charge in [0.1, 0.15) is 0 Å². The summed E-state index contributed by atoms with van der Waals surface area (Å²) in [6.07, 6.45) is 6.47. The second-order valence-corrected chi connectivity index (χ2v) is 6.23. The number of rotatable bonds is 4. The molecule has 3 nitrogen and oxygen atoms in total. The van der Waals surface area contributed by atoms with Gasteiger partial charge in [0.25, 0.3) is 0 Å². The van der Waals surface area contributed by atoms with Gasteiger partial charge < -0.3 is 5.32 Å². The van der Waals surface area contributed by atoms with Crippen LogP contribution in [-0.2, 0) is 0 Å². The van der Waals surface area contributed by atoms with Crippen LogP contribution in [0.15, 0.2) is 36.7 Å². The van der Waals surface area contributed by atoms with E-state index in [-0.39, 0.29) is 0 Å². The number of hydrogen-bond acceptors (Lipinski definition) is 2. The molecule has 1 saturated carbocycles. The summed E-state index contributed by atoms with van der Waals surface area (Å²) in [7, 11) is 0. The molecule has 1 N–H and O–H groups in total. The Labute approximate surface area is 121 Å². The molecule has 1 aliphatic rings. The molecule has 1 heterocycles. The zero-order valence-electron chi connectivity index (χ0n) is 12.5. The fourth-order valence-electron chi connectivity index (χ4n) is 2.86. The lowest BCUT2D eigenvalue weighted by Gasteiger charge is -2.36. The topological polar surface area (TPSA) is 29.9 Å². The average molecular weight is 269 g/mol. The van der Waals surface area contributed by atoms with Crippen molar-refractivity contribution < 1.29 is 0 Å². The Morgan fingerprint density at radius 1 is 1.30 bits per heavy atom. The van der Waals surface area contributed by atoms with E-state index < -0.39 is 0 Å². The van der Waals surface area contributed by atoms with Gasteiger partial charge in [0.05, 0.1) is 11.9 Å². The van der Waals surface area contributed by atoms with Crippen LogP contribution in [0.3, 0.4) is 0 Å². The minimum Gasteiger partial charge on any atom is -0.380 e. The van der Waals surface area contributed by atoms with E-state index in [0.717, 1.165) is 5.69 Å². The van der Waals surface area contributed by atoms with Crippen molar-refractivity contribution in [2.75, 3.05) is 5.32 Å². The van der Waals surface area contributed by atoms with Gasteiger partial charge in [0.2, 0.25) is 0 Å². The van der Waals surface area contributed by atoms with Gasteiger partial charge >= 0.3 is 0 Å². The number of benzene rings is 1. The molecule has 0 amide bonds. The van der Waals surface area contributed by atoms with Crippen LogP contribution in [0.1, 0.15) is 49.8 Å². The summed E-state index contributed by atoms with van der Waals surface area (Å²) in [5, 5.41) is 7.95. The van der Waals surface area contributed by atoms with E-state index in [9.17, 15) is 0 Å². The molecule has 0 bridgehead atoms. The normalized spacial score (nSPS) is 21.8. The maximum Gasteiger partial charge on any atom is 0.0728 e. The monoisotopic (exact) mass is 269 g/mol. The Kier molecular flexibility index (Phi) is 3.51. The first-order valence-corrected chi connectivity index (χ1v) is 7.49. The number of anilines is 1. The van der Waals surface area contributed by atoms with E-state index in [2.05, 4.69) is 61.6 Å². The lowest BCUT2D eigenvalue weighted by atomic mass is 9.75. The fourth-order valence-corrected chi connectivity index (χ4v) is 2.86. The van der Waals surface area contributed by atoms with Gasteiger partial charge in [-0.15, -0.1) is 0 Å². The van der Waals surface area contributed by atoms with E-state index >= 15 is 0 Å². The Bertz CT molecular complexity index is 579. The first-order chi connectivity index (χ1) is 9.61. The molecule has 0 unspecified atom stereocenters. The third-order valence-electron chi connectivity index (χ3n) is 4.15. The molecule has 3 heteroatoms. The van der Waals surface area contributed by atoms with Crippen molar-refractivity contribution in [3.63, 3.8) is 0 Å². The quantitative estimate of drug-likeness (QED) is 0.904. The molecule has 1 aromatic carbocycles. The molecule has 0 atom stereocenters. The molecule has 1 aliphatic carbocycles. The smallest absolute Gasteiger partial charge is 0.0728 e. The summed E-state index contributed by atoms with van der Waals surface area (Å²) in [4.78, 5) is 0. The molecular weight excluding hydrogens is 246 g/mol. The van der Waals surface area contributed by atoms with Crippen LogP contribution >= 0.6 is 0 Å². The van der Waals surface area contributed by atoms with E-state index in [1.54, 1.807) is 0 Å². The second-order valence-electron chi connectivity index (χ2n) is 6.23. The molecule has 106 valence electrons. The highest BCUT2D eigenvalue weighted by atomic mass is 15.3. The van der Waals surface area contributed by atoms with Gasteiger partial charge in [0.15, 0.2) is 0 Å².